The number of rotatable bonds is 6. The average Bonchev–Trinajstić information content (AvgIpc) is 2.48. The van der Waals surface area contributed by atoms with Gasteiger partial charge in [0.1, 0.15) is 5.82 Å². The molecule has 0 aliphatic rings. The van der Waals surface area contributed by atoms with E-state index in [9.17, 15) is 12.8 Å². The molecule has 0 heterocycles. The molecule has 0 bridgehead atoms. The highest BCUT2D eigenvalue weighted by Gasteiger charge is 2.18. The minimum atomic E-state index is -3.66. The van der Waals surface area contributed by atoms with E-state index >= 15 is 0 Å². The molecule has 0 saturated heterocycles. The van der Waals surface area contributed by atoms with E-state index in [0.717, 1.165) is 30.5 Å². The fourth-order valence-electron chi connectivity index (χ4n) is 2.24. The molecule has 0 saturated carbocycles. The molecule has 2 aromatic rings. The van der Waals surface area contributed by atoms with E-state index in [4.69, 9.17) is 0 Å². The lowest BCUT2D eigenvalue weighted by Gasteiger charge is -2.15. The molecule has 2 aromatic carbocycles. The molecule has 0 amide bonds. The first-order valence-electron chi connectivity index (χ1n) is 7.29. The zero-order valence-corrected chi connectivity index (χ0v) is 13.5. The SMILES string of the molecule is CCCc1ccc(C(C)NS(=O)(=O)c2ccc(F)cc2)cc1. The molecular weight excluding hydrogens is 301 g/mol. The molecule has 0 spiro atoms. The first-order valence-corrected chi connectivity index (χ1v) is 8.77. The Bertz CT molecular complexity index is 709. The summed E-state index contributed by atoms with van der Waals surface area (Å²) in [6, 6.07) is 12.3. The van der Waals surface area contributed by atoms with E-state index in [2.05, 4.69) is 11.6 Å². The number of hydrogen-bond acceptors (Lipinski definition) is 2. The van der Waals surface area contributed by atoms with Gasteiger partial charge in [-0.3, -0.25) is 0 Å². The number of nitrogens with one attached hydrogen (secondary N) is 1. The number of hydrogen-bond donors (Lipinski definition) is 1. The second kappa shape index (κ2) is 7.03. The van der Waals surface area contributed by atoms with Crippen molar-refractivity contribution < 1.29 is 12.8 Å². The van der Waals surface area contributed by atoms with Crippen molar-refractivity contribution in [2.24, 2.45) is 0 Å². The Hall–Kier alpha value is -1.72. The zero-order valence-electron chi connectivity index (χ0n) is 12.7. The van der Waals surface area contributed by atoms with Crippen LogP contribution in [0.1, 0.15) is 37.4 Å². The van der Waals surface area contributed by atoms with Gasteiger partial charge in [0.2, 0.25) is 10.0 Å². The molecule has 118 valence electrons. The van der Waals surface area contributed by atoms with Crippen LogP contribution in [0.5, 0.6) is 0 Å². The van der Waals surface area contributed by atoms with Crippen molar-refractivity contribution in [2.45, 2.75) is 37.6 Å². The van der Waals surface area contributed by atoms with Gasteiger partial charge in [0, 0.05) is 6.04 Å². The van der Waals surface area contributed by atoms with Gasteiger partial charge >= 0.3 is 0 Å². The third-order valence-electron chi connectivity index (χ3n) is 3.47. The minimum Gasteiger partial charge on any atom is -0.207 e. The van der Waals surface area contributed by atoms with Crippen LogP contribution in [0.15, 0.2) is 53.4 Å². The Morgan fingerprint density at radius 3 is 2.18 bits per heavy atom. The van der Waals surface area contributed by atoms with Crippen molar-refractivity contribution in [3.05, 3.63) is 65.5 Å². The van der Waals surface area contributed by atoms with Crippen LogP contribution in [0.3, 0.4) is 0 Å². The summed E-state index contributed by atoms with van der Waals surface area (Å²) in [5.74, 6) is -0.460. The van der Waals surface area contributed by atoms with Gasteiger partial charge in [-0.2, -0.15) is 0 Å². The molecule has 0 aliphatic carbocycles. The predicted octanol–water partition coefficient (Wildman–Crippen LogP) is 3.82. The van der Waals surface area contributed by atoms with Gasteiger partial charge in [0.25, 0.3) is 0 Å². The topological polar surface area (TPSA) is 46.2 Å². The molecule has 1 atom stereocenters. The molecule has 5 heteroatoms. The quantitative estimate of drug-likeness (QED) is 0.879. The van der Waals surface area contributed by atoms with Gasteiger partial charge in [0.05, 0.1) is 4.90 Å². The van der Waals surface area contributed by atoms with Crippen LogP contribution in [-0.4, -0.2) is 8.42 Å². The highest BCUT2D eigenvalue weighted by atomic mass is 32.2. The van der Waals surface area contributed by atoms with Gasteiger partial charge < -0.3 is 0 Å². The van der Waals surface area contributed by atoms with E-state index < -0.39 is 15.8 Å². The van der Waals surface area contributed by atoms with E-state index in [0.29, 0.717) is 0 Å². The van der Waals surface area contributed by atoms with Crippen LogP contribution >= 0.6 is 0 Å². The molecule has 0 aromatic heterocycles. The molecule has 0 fully saturated rings. The van der Waals surface area contributed by atoms with Crippen LogP contribution in [0.2, 0.25) is 0 Å². The van der Waals surface area contributed by atoms with Crippen molar-refractivity contribution in [3.8, 4) is 0 Å². The molecule has 3 nitrogen and oxygen atoms in total. The lowest BCUT2D eigenvalue weighted by molar-refractivity contribution is 0.566. The summed E-state index contributed by atoms with van der Waals surface area (Å²) in [7, 11) is -3.66. The molecule has 0 radical (unpaired) electrons. The maximum atomic E-state index is 12.9. The largest absolute Gasteiger partial charge is 0.241 e. The lowest BCUT2D eigenvalue weighted by atomic mass is 10.0. The van der Waals surface area contributed by atoms with Crippen LogP contribution in [0.4, 0.5) is 4.39 Å². The highest BCUT2D eigenvalue weighted by Crippen LogP contribution is 2.18. The molecule has 22 heavy (non-hydrogen) atoms. The summed E-state index contributed by atoms with van der Waals surface area (Å²) in [6.45, 7) is 3.91. The van der Waals surface area contributed by atoms with Gasteiger partial charge in [-0.15, -0.1) is 0 Å². The van der Waals surface area contributed by atoms with Crippen molar-refractivity contribution in [2.75, 3.05) is 0 Å². The predicted molar refractivity (Wildman–Crippen MR) is 85.6 cm³/mol. The third kappa shape index (κ3) is 4.15. The highest BCUT2D eigenvalue weighted by molar-refractivity contribution is 7.89. The molecule has 1 N–H and O–H groups in total. The second-order valence-corrected chi connectivity index (χ2v) is 7.00. The Morgan fingerprint density at radius 1 is 1.05 bits per heavy atom. The third-order valence-corrected chi connectivity index (χ3v) is 5.03. The van der Waals surface area contributed by atoms with Crippen LogP contribution < -0.4 is 4.72 Å². The summed E-state index contributed by atoms with van der Waals surface area (Å²) in [6.07, 6.45) is 2.09. The van der Waals surface area contributed by atoms with Crippen LogP contribution in [0, 0.1) is 5.82 Å². The molecule has 1 unspecified atom stereocenters. The van der Waals surface area contributed by atoms with E-state index in [1.54, 1.807) is 6.92 Å². The molecule has 2 rings (SSSR count). The minimum absolute atomic E-state index is 0.0587. The average molecular weight is 321 g/mol. The Morgan fingerprint density at radius 2 is 1.64 bits per heavy atom. The smallest absolute Gasteiger partial charge is 0.207 e. The van der Waals surface area contributed by atoms with Crippen LogP contribution in [-0.2, 0) is 16.4 Å². The lowest BCUT2D eigenvalue weighted by Crippen LogP contribution is -2.26. The summed E-state index contributed by atoms with van der Waals surface area (Å²) in [5.41, 5.74) is 2.13. The maximum absolute atomic E-state index is 12.9. The number of aryl methyl sites for hydroxylation is 1. The second-order valence-electron chi connectivity index (χ2n) is 5.29. The van der Waals surface area contributed by atoms with Crippen molar-refractivity contribution in [1.29, 1.82) is 0 Å². The van der Waals surface area contributed by atoms with Gasteiger partial charge in [-0.1, -0.05) is 37.6 Å². The normalized spacial score (nSPS) is 13.0. The Kier molecular flexibility index (Phi) is 5.32. The van der Waals surface area contributed by atoms with Crippen molar-refractivity contribution in [1.82, 2.24) is 4.72 Å². The Balaban J connectivity index is 2.13. The van der Waals surface area contributed by atoms with Crippen LogP contribution in [0.25, 0.3) is 0 Å². The molecular formula is C17H20FNO2S. The van der Waals surface area contributed by atoms with E-state index in [1.165, 1.54) is 17.7 Å². The summed E-state index contributed by atoms with van der Waals surface area (Å²) in [5, 5.41) is 0. The monoisotopic (exact) mass is 321 g/mol. The fraction of sp³-hybridized carbons (Fsp3) is 0.294. The first-order chi connectivity index (χ1) is 10.4. The van der Waals surface area contributed by atoms with Crippen molar-refractivity contribution in [3.63, 3.8) is 0 Å². The first kappa shape index (κ1) is 16.6. The van der Waals surface area contributed by atoms with E-state index in [-0.39, 0.29) is 10.9 Å². The van der Waals surface area contributed by atoms with Gasteiger partial charge in [-0.05, 0) is 48.7 Å². The standard InChI is InChI=1S/C17H20FNO2S/c1-3-4-14-5-7-15(8-6-14)13(2)19-22(20,21)17-11-9-16(18)10-12-17/h5-13,19H,3-4H2,1-2H3. The summed E-state index contributed by atoms with van der Waals surface area (Å²) >= 11 is 0. The van der Waals surface area contributed by atoms with Crippen molar-refractivity contribution >= 4 is 10.0 Å². The fourth-order valence-corrected chi connectivity index (χ4v) is 3.48. The van der Waals surface area contributed by atoms with E-state index in [1.807, 2.05) is 24.3 Å². The Labute approximate surface area is 131 Å². The summed E-state index contributed by atoms with van der Waals surface area (Å²) in [4.78, 5) is 0.0587. The maximum Gasteiger partial charge on any atom is 0.241 e. The summed E-state index contributed by atoms with van der Waals surface area (Å²) < 4.78 is 40.0. The number of sulfonamides is 1. The number of halogens is 1. The number of benzene rings is 2. The van der Waals surface area contributed by atoms with Gasteiger partial charge in [-0.25, -0.2) is 17.5 Å². The zero-order chi connectivity index (χ0) is 16.2. The molecule has 0 aliphatic heterocycles. The van der Waals surface area contributed by atoms with Gasteiger partial charge in [0.15, 0.2) is 0 Å².